The van der Waals surface area contributed by atoms with Gasteiger partial charge in [0.15, 0.2) is 0 Å². The number of non-ortho nitro benzene ring substituents is 1. The molecule has 0 fully saturated rings. The van der Waals surface area contributed by atoms with E-state index in [9.17, 15) is 10.1 Å². The molecular formula is C18H17N5O3S. The number of nitro groups is 1. The molecule has 0 atom stereocenters. The lowest BCUT2D eigenvalue weighted by Gasteiger charge is -2.04. The summed E-state index contributed by atoms with van der Waals surface area (Å²) in [5, 5.41) is 17.5. The number of ether oxygens (including phenoxy) is 1. The van der Waals surface area contributed by atoms with Gasteiger partial charge in [0.2, 0.25) is 4.80 Å². The number of nitrogens with zero attached hydrogens (tertiary/aromatic N) is 5. The molecule has 27 heavy (non-hydrogen) atoms. The van der Waals surface area contributed by atoms with E-state index in [0.717, 1.165) is 11.3 Å². The molecule has 0 saturated heterocycles. The summed E-state index contributed by atoms with van der Waals surface area (Å²) in [5.41, 5.74) is 2.28. The molecule has 8 nitrogen and oxygen atoms in total. The van der Waals surface area contributed by atoms with Crippen LogP contribution in [0.25, 0.3) is 11.3 Å². The maximum absolute atomic E-state index is 11.1. The molecule has 3 rings (SSSR count). The van der Waals surface area contributed by atoms with Crippen LogP contribution in [0.3, 0.4) is 0 Å². The minimum atomic E-state index is -0.414. The summed E-state index contributed by atoms with van der Waals surface area (Å²) in [4.78, 5) is 19.9. The summed E-state index contributed by atoms with van der Waals surface area (Å²) in [5.74, 6) is 0. The van der Waals surface area contributed by atoms with Gasteiger partial charge in [0.25, 0.3) is 5.69 Å². The highest BCUT2D eigenvalue weighted by Gasteiger charge is 2.12. The molecule has 0 N–H and O–H groups in total. The van der Waals surface area contributed by atoms with Gasteiger partial charge >= 0.3 is 0 Å². The molecule has 9 heteroatoms. The van der Waals surface area contributed by atoms with Crippen molar-refractivity contribution in [2.75, 3.05) is 20.3 Å². The first-order valence-corrected chi connectivity index (χ1v) is 8.96. The number of aromatic nitrogens is 2. The van der Waals surface area contributed by atoms with E-state index in [1.165, 1.54) is 23.5 Å². The topological polar surface area (TPSA) is 94.9 Å². The number of rotatable bonds is 7. The monoisotopic (exact) mass is 383 g/mol. The van der Waals surface area contributed by atoms with E-state index < -0.39 is 4.92 Å². The summed E-state index contributed by atoms with van der Waals surface area (Å²) < 4.78 is 6.72. The van der Waals surface area contributed by atoms with Gasteiger partial charge in [-0.05, 0) is 6.07 Å². The van der Waals surface area contributed by atoms with Crippen molar-refractivity contribution >= 4 is 23.2 Å². The standard InChI is InChI=1S/C18H17N5O3S/c1-26-9-8-20-18-22(21-12-14-4-3-7-19-11-14)17(13-27-18)15-5-2-6-16(10-15)23(24)25/h2-7,10-13H,8-9H2,1H3/b20-18?,21-12-. The van der Waals surface area contributed by atoms with E-state index in [2.05, 4.69) is 15.1 Å². The third-order valence-corrected chi connectivity index (χ3v) is 4.44. The highest BCUT2D eigenvalue weighted by molar-refractivity contribution is 7.07. The van der Waals surface area contributed by atoms with E-state index in [1.807, 2.05) is 23.6 Å². The molecule has 2 heterocycles. The van der Waals surface area contributed by atoms with Gasteiger partial charge in [-0.25, -0.2) is 4.68 Å². The van der Waals surface area contributed by atoms with Crippen LogP contribution >= 0.6 is 11.3 Å². The van der Waals surface area contributed by atoms with Gasteiger partial charge in [0, 0.05) is 48.1 Å². The second kappa shape index (κ2) is 8.97. The lowest BCUT2D eigenvalue weighted by Crippen LogP contribution is -2.13. The molecule has 0 aliphatic rings. The van der Waals surface area contributed by atoms with Gasteiger partial charge in [-0.15, -0.1) is 11.3 Å². The molecule has 1 aromatic carbocycles. The van der Waals surface area contributed by atoms with Crippen LogP contribution in [0.4, 0.5) is 5.69 Å². The molecule has 0 bridgehead atoms. The fraction of sp³-hybridized carbons (Fsp3) is 0.167. The van der Waals surface area contributed by atoms with Crippen LogP contribution in [0.1, 0.15) is 5.56 Å². The van der Waals surface area contributed by atoms with Gasteiger partial charge < -0.3 is 4.74 Å². The second-order valence-electron chi connectivity index (χ2n) is 5.43. The molecule has 3 aromatic rings. The van der Waals surface area contributed by atoms with Gasteiger partial charge in [-0.2, -0.15) is 5.10 Å². The number of nitro benzene ring substituents is 1. The maximum Gasteiger partial charge on any atom is 0.270 e. The van der Waals surface area contributed by atoms with Crippen LogP contribution < -0.4 is 4.80 Å². The van der Waals surface area contributed by atoms with Crippen molar-refractivity contribution in [3.8, 4) is 11.3 Å². The average Bonchev–Trinajstić information content (AvgIpc) is 3.10. The summed E-state index contributed by atoms with van der Waals surface area (Å²) in [6, 6.07) is 10.2. The zero-order valence-corrected chi connectivity index (χ0v) is 15.4. The van der Waals surface area contributed by atoms with E-state index in [1.54, 1.807) is 36.5 Å². The minimum Gasteiger partial charge on any atom is -0.383 e. The first-order chi connectivity index (χ1) is 13.2. The van der Waals surface area contributed by atoms with E-state index >= 15 is 0 Å². The smallest absolute Gasteiger partial charge is 0.270 e. The Hall–Kier alpha value is -3.17. The zero-order chi connectivity index (χ0) is 19.1. The Morgan fingerprint density at radius 3 is 3.00 bits per heavy atom. The first-order valence-electron chi connectivity index (χ1n) is 8.08. The lowest BCUT2D eigenvalue weighted by molar-refractivity contribution is -0.384. The fourth-order valence-corrected chi connectivity index (χ4v) is 3.17. The summed E-state index contributed by atoms with van der Waals surface area (Å²) >= 11 is 1.41. The van der Waals surface area contributed by atoms with E-state index in [0.29, 0.717) is 23.5 Å². The number of hydrogen-bond acceptors (Lipinski definition) is 7. The number of methoxy groups -OCH3 is 1. The van der Waals surface area contributed by atoms with Crippen LogP contribution in [-0.4, -0.2) is 41.1 Å². The minimum absolute atomic E-state index is 0.0272. The zero-order valence-electron chi connectivity index (χ0n) is 14.6. The maximum atomic E-state index is 11.1. The number of hydrogen-bond donors (Lipinski definition) is 0. The van der Waals surface area contributed by atoms with Gasteiger partial charge in [0.1, 0.15) is 0 Å². The predicted molar refractivity (Wildman–Crippen MR) is 104 cm³/mol. The highest BCUT2D eigenvalue weighted by Crippen LogP contribution is 2.24. The molecule has 0 amide bonds. The number of thiazole rings is 1. The molecular weight excluding hydrogens is 366 g/mol. The Kier molecular flexibility index (Phi) is 6.18. The molecule has 2 aromatic heterocycles. The normalized spacial score (nSPS) is 12.0. The highest BCUT2D eigenvalue weighted by atomic mass is 32.1. The summed E-state index contributed by atoms with van der Waals surface area (Å²) in [6.45, 7) is 0.990. The van der Waals surface area contributed by atoms with E-state index in [4.69, 9.17) is 4.74 Å². The molecule has 0 unspecified atom stereocenters. The van der Waals surface area contributed by atoms with Crippen LogP contribution in [0.5, 0.6) is 0 Å². The van der Waals surface area contributed by atoms with Crippen molar-refractivity contribution in [2.24, 2.45) is 10.1 Å². The largest absolute Gasteiger partial charge is 0.383 e. The average molecular weight is 383 g/mol. The molecule has 0 aliphatic carbocycles. The Labute approximate surface area is 159 Å². The van der Waals surface area contributed by atoms with Crippen LogP contribution in [0.2, 0.25) is 0 Å². The van der Waals surface area contributed by atoms with Crippen molar-refractivity contribution < 1.29 is 9.66 Å². The number of benzene rings is 1. The van der Waals surface area contributed by atoms with Crippen LogP contribution in [0.15, 0.2) is 64.3 Å². The second-order valence-corrected chi connectivity index (χ2v) is 6.26. The van der Waals surface area contributed by atoms with Gasteiger partial charge in [-0.3, -0.25) is 20.1 Å². The van der Waals surface area contributed by atoms with E-state index in [-0.39, 0.29) is 5.69 Å². The summed E-state index contributed by atoms with van der Waals surface area (Å²) in [7, 11) is 1.62. The lowest BCUT2D eigenvalue weighted by atomic mass is 10.1. The predicted octanol–water partition coefficient (Wildman–Crippen LogP) is 2.95. The quantitative estimate of drug-likeness (QED) is 0.271. The SMILES string of the molecule is COCCN=c1scc(-c2cccc([N+](=O)[O-])c2)n1/N=C\c1cccnc1. The third kappa shape index (κ3) is 4.72. The van der Waals surface area contributed by atoms with Gasteiger partial charge in [-0.1, -0.05) is 18.2 Å². The number of pyridine rings is 1. The van der Waals surface area contributed by atoms with Crippen molar-refractivity contribution in [1.29, 1.82) is 0 Å². The fourth-order valence-electron chi connectivity index (χ4n) is 2.31. The van der Waals surface area contributed by atoms with Crippen LogP contribution in [-0.2, 0) is 4.74 Å². The van der Waals surface area contributed by atoms with Crippen molar-refractivity contribution in [3.63, 3.8) is 0 Å². The summed E-state index contributed by atoms with van der Waals surface area (Å²) in [6.07, 6.45) is 5.07. The van der Waals surface area contributed by atoms with Crippen LogP contribution in [0, 0.1) is 10.1 Å². The Bertz CT molecular complexity index is 1010. The third-order valence-electron chi connectivity index (χ3n) is 3.59. The Balaban J connectivity index is 2.06. The van der Waals surface area contributed by atoms with Crippen molar-refractivity contribution in [3.05, 3.63) is 74.7 Å². The van der Waals surface area contributed by atoms with Crippen molar-refractivity contribution in [1.82, 2.24) is 9.66 Å². The Morgan fingerprint density at radius 1 is 1.37 bits per heavy atom. The molecule has 0 spiro atoms. The van der Waals surface area contributed by atoms with Gasteiger partial charge in [0.05, 0.1) is 30.0 Å². The molecule has 0 aliphatic heterocycles. The Morgan fingerprint density at radius 2 is 2.26 bits per heavy atom. The molecule has 0 saturated carbocycles. The molecule has 138 valence electrons. The molecule has 0 radical (unpaired) electrons. The van der Waals surface area contributed by atoms with Crippen molar-refractivity contribution in [2.45, 2.75) is 0 Å². The first kappa shape index (κ1) is 18.6.